The molecular weight excluding hydrogens is 198 g/mol. The van der Waals surface area contributed by atoms with Crippen LogP contribution in [0.2, 0.25) is 0 Å². The second kappa shape index (κ2) is 6.02. The van der Waals surface area contributed by atoms with Crippen molar-refractivity contribution in [3.05, 3.63) is 0 Å². The first kappa shape index (κ1) is 15.9. The average Bonchev–Trinajstić information content (AvgIpc) is 2.24. The predicted octanol–water partition coefficient (Wildman–Crippen LogP) is 3.20. The van der Waals surface area contributed by atoms with Crippen molar-refractivity contribution in [2.24, 2.45) is 10.8 Å². The summed E-state index contributed by atoms with van der Waals surface area (Å²) >= 11 is 0. The van der Waals surface area contributed by atoms with E-state index in [1.54, 1.807) is 0 Å². The molecule has 0 radical (unpaired) electrons. The Bertz CT molecular complexity index is 199. The first-order valence-electron chi connectivity index (χ1n) is 6.56. The Morgan fingerprint density at radius 2 is 1.44 bits per heavy atom. The van der Waals surface area contributed by atoms with Gasteiger partial charge in [-0.25, -0.2) is 0 Å². The molecule has 16 heavy (non-hydrogen) atoms. The van der Waals surface area contributed by atoms with Gasteiger partial charge in [-0.05, 0) is 37.1 Å². The summed E-state index contributed by atoms with van der Waals surface area (Å²) in [4.78, 5) is 0. The predicted molar refractivity (Wildman–Crippen MR) is 71.6 cm³/mol. The van der Waals surface area contributed by atoms with Crippen LogP contribution in [0.1, 0.15) is 60.8 Å². The largest absolute Gasteiger partial charge is 0.393 e. The summed E-state index contributed by atoms with van der Waals surface area (Å²) in [5, 5.41) is 13.7. The second-order valence-corrected chi connectivity index (χ2v) is 6.28. The van der Waals surface area contributed by atoms with Crippen molar-refractivity contribution in [3.63, 3.8) is 0 Å². The number of hydrogen-bond acceptors (Lipinski definition) is 2. The molecular formula is C14H31NO. The van der Waals surface area contributed by atoms with Crippen LogP contribution in [0.4, 0.5) is 0 Å². The maximum Gasteiger partial charge on any atom is 0.0606 e. The monoisotopic (exact) mass is 229 g/mol. The van der Waals surface area contributed by atoms with E-state index >= 15 is 0 Å². The zero-order chi connectivity index (χ0) is 13.0. The third kappa shape index (κ3) is 4.06. The molecule has 0 bridgehead atoms. The van der Waals surface area contributed by atoms with Crippen molar-refractivity contribution in [1.82, 2.24) is 5.32 Å². The lowest BCUT2D eigenvalue weighted by Gasteiger charge is -2.38. The molecule has 0 saturated carbocycles. The van der Waals surface area contributed by atoms with Gasteiger partial charge in [0.05, 0.1) is 6.10 Å². The zero-order valence-corrected chi connectivity index (χ0v) is 12.2. The Morgan fingerprint density at radius 1 is 1.00 bits per heavy atom. The molecule has 0 aliphatic rings. The van der Waals surface area contributed by atoms with Gasteiger partial charge in [-0.15, -0.1) is 0 Å². The van der Waals surface area contributed by atoms with E-state index in [1.165, 1.54) is 0 Å². The quantitative estimate of drug-likeness (QED) is 0.702. The van der Waals surface area contributed by atoms with Crippen molar-refractivity contribution in [2.75, 3.05) is 7.05 Å². The van der Waals surface area contributed by atoms with E-state index in [1.807, 2.05) is 7.05 Å². The van der Waals surface area contributed by atoms with E-state index in [-0.39, 0.29) is 16.9 Å². The van der Waals surface area contributed by atoms with Crippen LogP contribution in [-0.4, -0.2) is 24.3 Å². The molecule has 2 unspecified atom stereocenters. The lowest BCUT2D eigenvalue weighted by Crippen LogP contribution is -2.44. The van der Waals surface area contributed by atoms with Gasteiger partial charge in [0.1, 0.15) is 0 Å². The maximum atomic E-state index is 10.3. The van der Waals surface area contributed by atoms with Crippen LogP contribution in [0.15, 0.2) is 0 Å². The summed E-state index contributed by atoms with van der Waals surface area (Å²) in [6.45, 7) is 13.2. The van der Waals surface area contributed by atoms with Crippen LogP contribution in [0.25, 0.3) is 0 Å². The van der Waals surface area contributed by atoms with Gasteiger partial charge in [0.25, 0.3) is 0 Å². The molecule has 98 valence electrons. The number of rotatable bonds is 7. The average molecular weight is 229 g/mol. The molecule has 0 aliphatic carbocycles. The van der Waals surface area contributed by atoms with E-state index in [9.17, 15) is 5.11 Å². The molecule has 2 heteroatoms. The maximum absolute atomic E-state index is 10.3. The Kier molecular flexibility index (Phi) is 5.99. The van der Waals surface area contributed by atoms with Crippen molar-refractivity contribution in [3.8, 4) is 0 Å². The van der Waals surface area contributed by atoms with Crippen LogP contribution < -0.4 is 5.32 Å². The first-order valence-corrected chi connectivity index (χ1v) is 6.56. The molecule has 0 rings (SSSR count). The van der Waals surface area contributed by atoms with E-state index in [0.717, 1.165) is 19.3 Å². The van der Waals surface area contributed by atoms with E-state index in [0.29, 0.717) is 6.04 Å². The smallest absolute Gasteiger partial charge is 0.0606 e. The third-order valence-corrected chi connectivity index (χ3v) is 4.48. The van der Waals surface area contributed by atoms with Crippen LogP contribution in [0.3, 0.4) is 0 Å². The number of hydrogen-bond donors (Lipinski definition) is 2. The van der Waals surface area contributed by atoms with E-state index < -0.39 is 0 Å². The van der Waals surface area contributed by atoms with Crippen LogP contribution in [-0.2, 0) is 0 Å². The number of aliphatic hydroxyl groups is 1. The van der Waals surface area contributed by atoms with Crippen molar-refractivity contribution < 1.29 is 5.11 Å². The lowest BCUT2D eigenvalue weighted by molar-refractivity contribution is 0.0185. The first-order chi connectivity index (χ1) is 7.21. The van der Waals surface area contributed by atoms with Gasteiger partial charge in [0.2, 0.25) is 0 Å². The topological polar surface area (TPSA) is 32.3 Å². The van der Waals surface area contributed by atoms with Gasteiger partial charge in [0.15, 0.2) is 0 Å². The molecule has 0 aromatic carbocycles. The van der Waals surface area contributed by atoms with Crippen molar-refractivity contribution >= 4 is 0 Å². The summed E-state index contributed by atoms with van der Waals surface area (Å²) in [6, 6.07) is 0.373. The van der Waals surface area contributed by atoms with Crippen LogP contribution >= 0.6 is 0 Å². The van der Waals surface area contributed by atoms with Gasteiger partial charge >= 0.3 is 0 Å². The summed E-state index contributed by atoms with van der Waals surface area (Å²) in [5.41, 5.74) is 0.248. The molecule has 2 atom stereocenters. The molecule has 0 aliphatic heterocycles. The van der Waals surface area contributed by atoms with E-state index in [4.69, 9.17) is 0 Å². The summed E-state index contributed by atoms with van der Waals surface area (Å²) in [7, 11) is 1.99. The standard InChI is InChI=1S/C14H31NO/c1-8-13(3,4)11(15-7)10-12(16)14(5,6)9-2/h11-12,15-16H,8-10H2,1-7H3. The molecule has 0 aromatic heterocycles. The minimum absolute atomic E-state index is 0.0128. The normalized spacial score (nSPS) is 17.2. The molecule has 0 spiro atoms. The minimum atomic E-state index is -0.235. The zero-order valence-electron chi connectivity index (χ0n) is 12.2. The minimum Gasteiger partial charge on any atom is -0.393 e. The van der Waals surface area contributed by atoms with Gasteiger partial charge in [-0.3, -0.25) is 0 Å². The van der Waals surface area contributed by atoms with Crippen LogP contribution in [0.5, 0.6) is 0 Å². The number of nitrogens with one attached hydrogen (secondary N) is 1. The Hall–Kier alpha value is -0.0800. The van der Waals surface area contributed by atoms with Crippen molar-refractivity contribution in [1.29, 1.82) is 0 Å². The fourth-order valence-electron chi connectivity index (χ4n) is 1.85. The Balaban J connectivity index is 4.56. The third-order valence-electron chi connectivity index (χ3n) is 4.48. The molecule has 0 amide bonds. The highest BCUT2D eigenvalue weighted by Crippen LogP contribution is 2.33. The summed E-state index contributed by atoms with van der Waals surface area (Å²) in [5.74, 6) is 0. The van der Waals surface area contributed by atoms with Crippen LogP contribution in [0, 0.1) is 10.8 Å². The highest BCUT2D eigenvalue weighted by atomic mass is 16.3. The Morgan fingerprint density at radius 3 is 1.75 bits per heavy atom. The van der Waals surface area contributed by atoms with Gasteiger partial charge in [0, 0.05) is 6.04 Å². The fourth-order valence-corrected chi connectivity index (χ4v) is 1.85. The summed E-state index contributed by atoms with van der Waals surface area (Å²) < 4.78 is 0. The molecule has 0 heterocycles. The number of aliphatic hydroxyl groups excluding tert-OH is 1. The summed E-state index contributed by atoms with van der Waals surface area (Å²) in [6.07, 6.45) is 2.73. The van der Waals surface area contributed by atoms with E-state index in [2.05, 4.69) is 46.9 Å². The second-order valence-electron chi connectivity index (χ2n) is 6.28. The van der Waals surface area contributed by atoms with Gasteiger partial charge < -0.3 is 10.4 Å². The highest BCUT2D eigenvalue weighted by molar-refractivity contribution is 4.88. The van der Waals surface area contributed by atoms with Gasteiger partial charge in [-0.1, -0.05) is 41.5 Å². The SMILES string of the molecule is CCC(C)(C)C(O)CC(NC)C(C)(C)CC. The molecule has 2 nitrogen and oxygen atoms in total. The highest BCUT2D eigenvalue weighted by Gasteiger charge is 2.33. The molecule has 2 N–H and O–H groups in total. The molecule has 0 aromatic rings. The fraction of sp³-hybridized carbons (Fsp3) is 1.00. The lowest BCUT2D eigenvalue weighted by atomic mass is 9.74. The Labute approximate surface area is 102 Å². The van der Waals surface area contributed by atoms with Crippen molar-refractivity contribution in [2.45, 2.75) is 73.0 Å². The molecule has 0 fully saturated rings. The molecule has 0 saturated heterocycles. The van der Waals surface area contributed by atoms with Gasteiger partial charge in [-0.2, -0.15) is 0 Å².